The molecule has 0 amide bonds. The number of hydrogen-bond acceptors (Lipinski definition) is 8. The molecule has 1 aliphatic heterocycles. The van der Waals surface area contributed by atoms with E-state index < -0.39 is 21.5 Å². The monoisotopic (exact) mass is 565 g/mol. The van der Waals surface area contributed by atoms with Gasteiger partial charge in [0.1, 0.15) is 10.8 Å². The number of aromatic nitrogens is 2. The van der Waals surface area contributed by atoms with E-state index in [2.05, 4.69) is 20.6 Å². The molecule has 2 aromatic carbocycles. The Hall–Kier alpha value is -3.02. The normalized spacial score (nSPS) is 14.3. The van der Waals surface area contributed by atoms with Gasteiger partial charge in [-0.1, -0.05) is 23.7 Å². The largest absolute Gasteiger partial charge is 0.495 e. The predicted molar refractivity (Wildman–Crippen MR) is 145 cm³/mol. The second kappa shape index (κ2) is 11.8. The number of nitrogens with zero attached hydrogens (tertiary/aromatic N) is 3. The van der Waals surface area contributed by atoms with Crippen molar-refractivity contribution < 1.29 is 21.9 Å². The Morgan fingerprint density at radius 2 is 1.76 bits per heavy atom. The quantitative estimate of drug-likeness (QED) is 0.352. The van der Waals surface area contributed by atoms with Crippen LogP contribution in [0.3, 0.4) is 0 Å². The van der Waals surface area contributed by atoms with Crippen molar-refractivity contribution in [2.24, 2.45) is 0 Å². The second-order valence-corrected chi connectivity index (χ2v) is 12.1. The number of rotatable bonds is 9. The van der Waals surface area contributed by atoms with E-state index in [0.717, 1.165) is 11.1 Å². The summed E-state index contributed by atoms with van der Waals surface area (Å²) >= 11 is 6.35. The van der Waals surface area contributed by atoms with Crippen molar-refractivity contribution in [3.8, 4) is 5.75 Å². The Kier molecular flexibility index (Phi) is 8.69. The van der Waals surface area contributed by atoms with E-state index in [1.807, 2.05) is 12.1 Å². The fraction of sp³-hybridized carbons (Fsp3) is 0.385. The Bertz CT molecular complexity index is 1410. The van der Waals surface area contributed by atoms with Crippen LogP contribution in [0.4, 0.5) is 31.9 Å². The number of benzene rings is 2. The molecular formula is C26H30ClF2N5O3S. The van der Waals surface area contributed by atoms with Gasteiger partial charge in [-0.25, -0.2) is 22.2 Å². The van der Waals surface area contributed by atoms with Gasteiger partial charge in [-0.15, -0.1) is 0 Å². The van der Waals surface area contributed by atoms with E-state index in [0.29, 0.717) is 43.1 Å². The lowest BCUT2D eigenvalue weighted by Crippen LogP contribution is -2.31. The molecule has 38 heavy (non-hydrogen) atoms. The molecule has 204 valence electrons. The molecule has 0 saturated heterocycles. The number of para-hydroxylation sites is 1. The van der Waals surface area contributed by atoms with Gasteiger partial charge >= 0.3 is 0 Å². The van der Waals surface area contributed by atoms with Crippen molar-refractivity contribution in [1.82, 2.24) is 14.9 Å². The van der Waals surface area contributed by atoms with Gasteiger partial charge in [0.25, 0.3) is 6.43 Å². The SMILES string of the molecule is COc1cc2c(cc1Nc1ncc(Cl)c(Nc3ccccc3S(=O)(=O)C(C)C)n1)CCN(CC(F)F)CC2. The molecule has 0 radical (unpaired) electrons. The summed E-state index contributed by atoms with van der Waals surface area (Å²) < 4.78 is 57.1. The van der Waals surface area contributed by atoms with E-state index in [1.54, 1.807) is 44.1 Å². The average molecular weight is 566 g/mol. The van der Waals surface area contributed by atoms with Crippen molar-refractivity contribution in [3.05, 3.63) is 58.7 Å². The third-order valence-corrected chi connectivity index (χ3v) is 8.86. The van der Waals surface area contributed by atoms with Crippen LogP contribution < -0.4 is 15.4 Å². The summed E-state index contributed by atoms with van der Waals surface area (Å²) in [5.74, 6) is 1.01. The number of methoxy groups -OCH3 is 1. The molecule has 3 aromatic rings. The minimum Gasteiger partial charge on any atom is -0.495 e. The maximum atomic E-state index is 12.9. The van der Waals surface area contributed by atoms with Crippen molar-refractivity contribution in [3.63, 3.8) is 0 Å². The predicted octanol–water partition coefficient (Wildman–Crippen LogP) is 5.47. The highest BCUT2D eigenvalue weighted by molar-refractivity contribution is 7.92. The van der Waals surface area contributed by atoms with E-state index in [9.17, 15) is 17.2 Å². The first kappa shape index (κ1) is 28.0. The molecular weight excluding hydrogens is 536 g/mol. The van der Waals surface area contributed by atoms with Gasteiger partial charge in [0.05, 0.1) is 41.4 Å². The summed E-state index contributed by atoms with van der Waals surface area (Å²) in [4.78, 5) is 10.7. The molecule has 2 heterocycles. The number of ether oxygens (including phenoxy) is 1. The van der Waals surface area contributed by atoms with Crippen LogP contribution in [0.25, 0.3) is 0 Å². The van der Waals surface area contributed by atoms with Crippen LogP contribution in [0.2, 0.25) is 5.02 Å². The summed E-state index contributed by atoms with van der Waals surface area (Å²) in [6.07, 6.45) is 0.306. The molecule has 1 aromatic heterocycles. The van der Waals surface area contributed by atoms with Gasteiger partial charge in [-0.3, -0.25) is 4.90 Å². The first-order valence-electron chi connectivity index (χ1n) is 12.2. The molecule has 12 heteroatoms. The summed E-state index contributed by atoms with van der Waals surface area (Å²) in [7, 11) is -2.01. The number of anilines is 4. The van der Waals surface area contributed by atoms with Crippen molar-refractivity contribution >= 4 is 44.6 Å². The number of sulfone groups is 1. The summed E-state index contributed by atoms with van der Waals surface area (Å²) in [5, 5.41) is 5.79. The lowest BCUT2D eigenvalue weighted by Gasteiger charge is -2.18. The van der Waals surface area contributed by atoms with Gasteiger partial charge in [-0.2, -0.15) is 4.98 Å². The minimum atomic E-state index is -3.56. The third-order valence-electron chi connectivity index (χ3n) is 6.37. The maximum Gasteiger partial charge on any atom is 0.251 e. The molecule has 0 spiro atoms. The molecule has 2 N–H and O–H groups in total. The molecule has 8 nitrogen and oxygen atoms in total. The topological polar surface area (TPSA) is 96.4 Å². The fourth-order valence-electron chi connectivity index (χ4n) is 4.28. The van der Waals surface area contributed by atoms with Crippen LogP contribution in [0, 0.1) is 0 Å². The van der Waals surface area contributed by atoms with Crippen LogP contribution >= 0.6 is 11.6 Å². The average Bonchev–Trinajstić information content (AvgIpc) is 3.07. The van der Waals surface area contributed by atoms with Gasteiger partial charge in [0, 0.05) is 13.1 Å². The van der Waals surface area contributed by atoms with Crippen molar-refractivity contribution in [1.29, 1.82) is 0 Å². The third kappa shape index (κ3) is 6.33. The molecule has 0 bridgehead atoms. The highest BCUT2D eigenvalue weighted by Gasteiger charge is 2.23. The Morgan fingerprint density at radius 1 is 1.08 bits per heavy atom. The zero-order valence-electron chi connectivity index (χ0n) is 21.3. The second-order valence-electron chi connectivity index (χ2n) is 9.24. The molecule has 0 fully saturated rings. The Morgan fingerprint density at radius 3 is 2.42 bits per heavy atom. The minimum absolute atomic E-state index is 0.146. The number of halogens is 3. The molecule has 1 aliphatic rings. The first-order valence-corrected chi connectivity index (χ1v) is 14.1. The fourth-order valence-corrected chi connectivity index (χ4v) is 5.62. The van der Waals surface area contributed by atoms with Crippen LogP contribution in [-0.4, -0.2) is 61.7 Å². The van der Waals surface area contributed by atoms with E-state index in [4.69, 9.17) is 16.3 Å². The first-order chi connectivity index (χ1) is 18.1. The summed E-state index contributed by atoms with van der Waals surface area (Å²) in [6.45, 7) is 4.09. The lowest BCUT2D eigenvalue weighted by atomic mass is 10.0. The standard InChI is InChI=1S/C26H30ClF2N5O3S/c1-16(2)38(35,36)23-7-5-4-6-20(23)31-25-19(27)14-30-26(33-25)32-21-12-17-8-10-34(15-24(28)29)11-9-18(17)13-22(21)37-3/h4-7,12-14,16,24H,8-11,15H2,1-3H3,(H2,30,31,32,33). The molecule has 0 unspecified atom stereocenters. The van der Waals surface area contributed by atoms with Gasteiger partial charge in [0.15, 0.2) is 15.7 Å². The van der Waals surface area contributed by atoms with Gasteiger partial charge < -0.3 is 15.4 Å². The number of fused-ring (bicyclic) bond motifs is 1. The Balaban J connectivity index is 1.61. The maximum absolute atomic E-state index is 12.9. The highest BCUT2D eigenvalue weighted by atomic mass is 35.5. The van der Waals surface area contributed by atoms with E-state index in [1.165, 1.54) is 12.3 Å². The van der Waals surface area contributed by atoms with Crippen LogP contribution in [0.1, 0.15) is 25.0 Å². The zero-order chi connectivity index (χ0) is 27.4. The van der Waals surface area contributed by atoms with E-state index >= 15 is 0 Å². The summed E-state index contributed by atoms with van der Waals surface area (Å²) in [6, 6.07) is 10.4. The van der Waals surface area contributed by atoms with Crippen molar-refractivity contribution in [2.45, 2.75) is 43.3 Å². The smallest absolute Gasteiger partial charge is 0.251 e. The molecule has 0 atom stereocenters. The van der Waals surface area contributed by atoms with Gasteiger partial charge in [-0.05, 0) is 62.1 Å². The molecule has 4 rings (SSSR count). The highest BCUT2D eigenvalue weighted by Crippen LogP contribution is 2.34. The van der Waals surface area contributed by atoms with E-state index in [-0.39, 0.29) is 28.2 Å². The Labute approximate surface area is 226 Å². The lowest BCUT2D eigenvalue weighted by molar-refractivity contribution is 0.0904. The number of nitrogens with one attached hydrogen (secondary N) is 2. The summed E-state index contributed by atoms with van der Waals surface area (Å²) in [5.41, 5.74) is 3.05. The zero-order valence-corrected chi connectivity index (χ0v) is 22.9. The van der Waals surface area contributed by atoms with Crippen molar-refractivity contribution in [2.75, 3.05) is 37.4 Å². The molecule has 0 saturated carbocycles. The number of hydrogen-bond donors (Lipinski definition) is 2. The number of alkyl halides is 2. The van der Waals surface area contributed by atoms with Crippen LogP contribution in [0.15, 0.2) is 47.5 Å². The molecule has 0 aliphatic carbocycles. The van der Waals surface area contributed by atoms with Crippen LogP contribution in [-0.2, 0) is 22.7 Å². The van der Waals surface area contributed by atoms with Gasteiger partial charge in [0.2, 0.25) is 5.95 Å². The van der Waals surface area contributed by atoms with Crippen LogP contribution in [0.5, 0.6) is 5.75 Å².